The van der Waals surface area contributed by atoms with Crippen LogP contribution in [0.4, 0.5) is 11.5 Å². The van der Waals surface area contributed by atoms with E-state index < -0.39 is 11.2 Å². The van der Waals surface area contributed by atoms with Crippen molar-refractivity contribution in [3.05, 3.63) is 31.3 Å². The molecular weight excluding hydrogens is 462 g/mol. The molecule has 1 amide bonds. The van der Waals surface area contributed by atoms with Crippen molar-refractivity contribution in [2.45, 2.75) is 70.8 Å². The van der Waals surface area contributed by atoms with Crippen LogP contribution >= 0.6 is 11.8 Å². The highest BCUT2D eigenvalue weighted by Crippen LogP contribution is 2.22. The largest absolute Gasteiger partial charge is 0.383 e. The molecule has 3 heterocycles. The molecule has 1 atom stereocenters. The number of aromatic nitrogens is 5. The fourth-order valence-electron chi connectivity index (χ4n) is 3.83. The quantitative estimate of drug-likeness (QED) is 0.385. The zero-order valence-corrected chi connectivity index (χ0v) is 20.7. The second kappa shape index (κ2) is 11.6. The summed E-state index contributed by atoms with van der Waals surface area (Å²) in [6, 6.07) is 0. The number of nitrogens with two attached hydrogens (primary N) is 1. The van der Waals surface area contributed by atoms with Gasteiger partial charge < -0.3 is 15.4 Å². The van der Waals surface area contributed by atoms with Crippen LogP contribution in [-0.2, 0) is 22.6 Å². The van der Waals surface area contributed by atoms with E-state index in [9.17, 15) is 19.2 Å². The lowest BCUT2D eigenvalue weighted by Gasteiger charge is -2.24. The van der Waals surface area contributed by atoms with Gasteiger partial charge >= 0.3 is 11.4 Å². The topological polar surface area (TPSA) is 161 Å². The number of nitrogens with one attached hydrogen (secondary N) is 2. The number of ether oxygens (including phenoxy) is 1. The second-order valence-electron chi connectivity index (χ2n) is 8.74. The van der Waals surface area contributed by atoms with E-state index in [4.69, 9.17) is 10.5 Å². The number of hydrogen-bond donors (Lipinski definition) is 3. The molecule has 0 saturated carbocycles. The minimum Gasteiger partial charge on any atom is -0.383 e. The lowest BCUT2D eigenvalue weighted by Crippen LogP contribution is -2.42. The maximum absolute atomic E-state index is 13.3. The first-order valence-corrected chi connectivity index (χ1v) is 12.5. The van der Waals surface area contributed by atoms with Crippen molar-refractivity contribution in [1.82, 2.24) is 24.3 Å². The van der Waals surface area contributed by atoms with Gasteiger partial charge in [-0.3, -0.25) is 23.7 Å². The summed E-state index contributed by atoms with van der Waals surface area (Å²) < 4.78 is 8.36. The minimum atomic E-state index is -0.702. The fraction of sp³-hybridized carbons (Fsp3) is 0.667. The number of aromatic amines is 2. The second-order valence-corrected chi connectivity index (χ2v) is 9.68. The van der Waals surface area contributed by atoms with Crippen molar-refractivity contribution in [3.63, 3.8) is 0 Å². The zero-order valence-electron chi connectivity index (χ0n) is 19.8. The van der Waals surface area contributed by atoms with Crippen molar-refractivity contribution < 1.29 is 9.53 Å². The molecule has 2 aromatic heterocycles. The molecule has 1 aliphatic rings. The van der Waals surface area contributed by atoms with Crippen LogP contribution in [0.1, 0.15) is 46.5 Å². The van der Waals surface area contributed by atoms with Crippen LogP contribution in [0.25, 0.3) is 0 Å². The molecule has 3 rings (SSSR count). The minimum absolute atomic E-state index is 0.0296. The number of thioether (sulfide) groups is 1. The number of H-pyrrole nitrogens is 2. The summed E-state index contributed by atoms with van der Waals surface area (Å²) >= 11 is 1.10. The van der Waals surface area contributed by atoms with Crippen molar-refractivity contribution in [2.75, 3.05) is 29.5 Å². The number of rotatable bonds is 11. The van der Waals surface area contributed by atoms with E-state index in [1.165, 1.54) is 14.0 Å². The highest BCUT2D eigenvalue weighted by molar-refractivity contribution is 7.99. The Kier molecular flexibility index (Phi) is 8.78. The first-order valence-electron chi connectivity index (χ1n) is 11.5. The van der Waals surface area contributed by atoms with E-state index >= 15 is 0 Å². The normalized spacial score (nSPS) is 15.8. The number of hydrogen-bond acceptors (Lipinski definition) is 8. The molecule has 1 saturated heterocycles. The van der Waals surface area contributed by atoms with Crippen molar-refractivity contribution in [3.8, 4) is 0 Å². The van der Waals surface area contributed by atoms with Crippen molar-refractivity contribution in [2.24, 2.45) is 5.92 Å². The van der Waals surface area contributed by atoms with Crippen molar-refractivity contribution >= 4 is 29.2 Å². The maximum Gasteiger partial charge on any atom is 0.344 e. The molecule has 1 aliphatic heterocycles. The number of carbonyl (C=O) groups is 1. The molecule has 188 valence electrons. The Labute approximate surface area is 200 Å². The Morgan fingerprint density at radius 2 is 2.06 bits per heavy atom. The van der Waals surface area contributed by atoms with E-state index in [1.807, 2.05) is 20.8 Å². The summed E-state index contributed by atoms with van der Waals surface area (Å²) in [6.45, 7) is 7.42. The van der Waals surface area contributed by atoms with Gasteiger partial charge in [-0.2, -0.15) is 0 Å². The number of anilines is 2. The van der Waals surface area contributed by atoms with Gasteiger partial charge in [-0.25, -0.2) is 14.7 Å². The Morgan fingerprint density at radius 1 is 1.29 bits per heavy atom. The van der Waals surface area contributed by atoms with E-state index in [2.05, 4.69) is 15.2 Å². The van der Waals surface area contributed by atoms with Crippen molar-refractivity contribution in [1.29, 1.82) is 0 Å². The number of amides is 1. The van der Waals surface area contributed by atoms with E-state index in [0.717, 1.165) is 31.0 Å². The summed E-state index contributed by atoms with van der Waals surface area (Å²) in [7, 11) is 0. The first-order chi connectivity index (χ1) is 16.2. The summed E-state index contributed by atoms with van der Waals surface area (Å²) in [5.74, 6) is -0.368. The van der Waals surface area contributed by atoms with Crippen LogP contribution in [0.3, 0.4) is 0 Å². The number of nitrogens with zero attached hydrogens (tertiary/aromatic N) is 4. The molecule has 0 bridgehead atoms. The Morgan fingerprint density at radius 3 is 2.71 bits per heavy atom. The average molecular weight is 496 g/mol. The van der Waals surface area contributed by atoms with Crippen LogP contribution < -0.4 is 27.6 Å². The van der Waals surface area contributed by atoms with Crippen LogP contribution in [0.2, 0.25) is 0 Å². The third-order valence-electron chi connectivity index (χ3n) is 5.53. The van der Waals surface area contributed by atoms with E-state index in [0.29, 0.717) is 31.3 Å². The summed E-state index contributed by atoms with van der Waals surface area (Å²) in [5.41, 5.74) is 4.53. The number of nitrogen functional groups attached to an aromatic ring is 1. The van der Waals surface area contributed by atoms with Crippen LogP contribution in [-0.4, -0.2) is 55.2 Å². The zero-order chi connectivity index (χ0) is 24.8. The molecule has 0 radical (unpaired) electrons. The lowest BCUT2D eigenvalue weighted by molar-refractivity contribution is -0.116. The van der Waals surface area contributed by atoms with Crippen LogP contribution in [0, 0.1) is 5.92 Å². The molecule has 0 spiro atoms. The molecule has 2 aromatic rings. The van der Waals surface area contributed by atoms with Gasteiger partial charge in [0.25, 0.3) is 5.56 Å². The summed E-state index contributed by atoms with van der Waals surface area (Å²) in [4.78, 5) is 54.1. The predicted molar refractivity (Wildman–Crippen MR) is 130 cm³/mol. The van der Waals surface area contributed by atoms with Gasteiger partial charge in [0, 0.05) is 19.7 Å². The number of unbranched alkanes of at least 4 members (excludes halogenated alkanes) is 1. The molecular formula is C21H33N7O5S. The standard InChI is InChI=1S/C21H33N7O5S/c1-4-5-8-26(16-17(22)27(10-13(2)3)19(31)23-18(16)30)15(29)12-34-21-25-24-20(32)28(21)11-14-7-6-9-33-14/h13-14H,4-12,22H2,1-3H3,(H,24,32)(H,23,30,31). The molecule has 0 aromatic carbocycles. The molecule has 4 N–H and O–H groups in total. The van der Waals surface area contributed by atoms with Gasteiger partial charge in [-0.1, -0.05) is 39.0 Å². The fourth-order valence-corrected chi connectivity index (χ4v) is 4.66. The summed E-state index contributed by atoms with van der Waals surface area (Å²) in [6.07, 6.45) is 3.18. The predicted octanol–water partition coefficient (Wildman–Crippen LogP) is 0.764. The summed E-state index contributed by atoms with van der Waals surface area (Å²) in [5, 5.41) is 6.84. The third kappa shape index (κ3) is 6.00. The first kappa shape index (κ1) is 25.8. The van der Waals surface area contributed by atoms with Gasteiger partial charge in [0.05, 0.1) is 18.4 Å². The Balaban J connectivity index is 1.85. The monoisotopic (exact) mass is 495 g/mol. The molecule has 1 unspecified atom stereocenters. The van der Waals surface area contributed by atoms with E-state index in [-0.39, 0.29) is 47.4 Å². The maximum atomic E-state index is 13.3. The molecule has 34 heavy (non-hydrogen) atoms. The Bertz CT molecular complexity index is 1160. The Hall–Kier alpha value is -2.80. The third-order valence-corrected chi connectivity index (χ3v) is 6.49. The molecule has 0 aliphatic carbocycles. The SMILES string of the molecule is CCCCN(C(=O)CSc1n[nH]c(=O)n1CC1CCCO1)c1c(N)n(CC(C)C)c(=O)[nH]c1=O. The highest BCUT2D eigenvalue weighted by Gasteiger charge is 2.26. The van der Waals surface area contributed by atoms with Gasteiger partial charge in [0.15, 0.2) is 10.8 Å². The molecule has 13 heteroatoms. The lowest BCUT2D eigenvalue weighted by atomic mass is 10.2. The highest BCUT2D eigenvalue weighted by atomic mass is 32.2. The molecule has 1 fully saturated rings. The van der Waals surface area contributed by atoms with E-state index in [1.54, 1.807) is 0 Å². The van der Waals surface area contributed by atoms with Gasteiger partial charge in [0.2, 0.25) is 5.91 Å². The van der Waals surface area contributed by atoms with Gasteiger partial charge in [0.1, 0.15) is 5.82 Å². The van der Waals surface area contributed by atoms with Gasteiger partial charge in [-0.05, 0) is 25.2 Å². The average Bonchev–Trinajstić information content (AvgIpc) is 3.42. The smallest absolute Gasteiger partial charge is 0.344 e. The van der Waals surface area contributed by atoms with Crippen LogP contribution in [0.15, 0.2) is 19.5 Å². The molecule has 12 nitrogen and oxygen atoms in total. The van der Waals surface area contributed by atoms with Crippen LogP contribution in [0.5, 0.6) is 0 Å². The number of carbonyl (C=O) groups excluding carboxylic acids is 1. The van der Waals surface area contributed by atoms with Gasteiger partial charge in [-0.15, -0.1) is 5.10 Å².